The number of carbonyl (C=O) groups is 1. The van der Waals surface area contributed by atoms with Crippen LogP contribution in [-0.2, 0) is 7.05 Å². The zero-order chi connectivity index (χ0) is 20.5. The van der Waals surface area contributed by atoms with Crippen molar-refractivity contribution in [2.24, 2.45) is 7.05 Å². The highest BCUT2D eigenvalue weighted by molar-refractivity contribution is 6.00. The first-order valence-corrected chi connectivity index (χ1v) is 10.8. The number of rotatable bonds is 3. The molecule has 0 unspecified atom stereocenters. The van der Waals surface area contributed by atoms with Crippen LogP contribution >= 0.6 is 0 Å². The molecule has 2 amide bonds. The van der Waals surface area contributed by atoms with Gasteiger partial charge in [0, 0.05) is 44.5 Å². The number of carbonyl (C=O) groups excluding carboxylic acids is 1. The van der Waals surface area contributed by atoms with Crippen LogP contribution in [0.4, 0.5) is 10.6 Å². The molecule has 9 nitrogen and oxygen atoms in total. The molecule has 3 aromatic rings. The Labute approximate surface area is 175 Å². The van der Waals surface area contributed by atoms with Crippen LogP contribution in [0.25, 0.3) is 10.9 Å². The van der Waals surface area contributed by atoms with Gasteiger partial charge in [0.25, 0.3) is 0 Å². The summed E-state index contributed by atoms with van der Waals surface area (Å²) in [7, 11) is 2.01. The van der Waals surface area contributed by atoms with E-state index in [0.717, 1.165) is 55.5 Å². The molecule has 30 heavy (non-hydrogen) atoms. The van der Waals surface area contributed by atoms with Gasteiger partial charge in [-0.05, 0) is 44.4 Å². The molecule has 2 aliphatic rings. The number of urea groups is 1. The summed E-state index contributed by atoms with van der Waals surface area (Å²) in [4.78, 5) is 24.2. The van der Waals surface area contributed by atoms with Gasteiger partial charge in [-0.3, -0.25) is 4.90 Å². The van der Waals surface area contributed by atoms with E-state index in [1.165, 1.54) is 0 Å². The van der Waals surface area contributed by atoms with Gasteiger partial charge < -0.3 is 14.8 Å². The van der Waals surface area contributed by atoms with Crippen LogP contribution in [0.5, 0.6) is 0 Å². The number of likely N-dealkylation sites (tertiary alicyclic amines) is 1. The number of fused-ring (bicyclic) bond motifs is 1. The highest BCUT2D eigenvalue weighted by atomic mass is 16.2. The lowest BCUT2D eigenvalue weighted by atomic mass is 10.0. The Kier molecular flexibility index (Phi) is 5.12. The van der Waals surface area contributed by atoms with Gasteiger partial charge in [0.1, 0.15) is 0 Å². The molecule has 0 bridgehead atoms. The summed E-state index contributed by atoms with van der Waals surface area (Å²) in [6.45, 7) is 3.19. The maximum Gasteiger partial charge on any atom is 0.326 e. The fraction of sp³-hybridized carbons (Fsp3) is 0.524. The third-order valence-electron chi connectivity index (χ3n) is 6.34. The van der Waals surface area contributed by atoms with Crippen molar-refractivity contribution in [3.8, 4) is 0 Å². The number of aryl methyl sites for hydroxylation is 1. The number of amides is 2. The summed E-state index contributed by atoms with van der Waals surface area (Å²) in [5, 5.41) is 13.1. The summed E-state index contributed by atoms with van der Waals surface area (Å²) in [6.07, 6.45) is 11.0. The first-order chi connectivity index (χ1) is 14.7. The summed E-state index contributed by atoms with van der Waals surface area (Å²) in [5.41, 5.74) is 1.01. The molecule has 2 aliphatic heterocycles. The summed E-state index contributed by atoms with van der Waals surface area (Å²) in [5.74, 6) is 0.759. The van der Waals surface area contributed by atoms with Crippen molar-refractivity contribution in [3.63, 3.8) is 0 Å². The van der Waals surface area contributed by atoms with E-state index in [0.29, 0.717) is 13.1 Å². The van der Waals surface area contributed by atoms with Gasteiger partial charge in [0.15, 0.2) is 5.82 Å². The lowest BCUT2D eigenvalue weighted by molar-refractivity contribution is 0.167. The Bertz CT molecular complexity index is 999. The molecule has 9 heteroatoms. The van der Waals surface area contributed by atoms with Crippen molar-refractivity contribution in [2.75, 3.05) is 31.1 Å². The van der Waals surface area contributed by atoms with Gasteiger partial charge >= 0.3 is 6.03 Å². The second kappa shape index (κ2) is 8.06. The van der Waals surface area contributed by atoms with Crippen molar-refractivity contribution in [2.45, 2.75) is 37.8 Å². The van der Waals surface area contributed by atoms with Crippen LogP contribution in [0.2, 0.25) is 0 Å². The van der Waals surface area contributed by atoms with E-state index in [9.17, 15) is 4.79 Å². The Morgan fingerprint density at radius 3 is 2.67 bits per heavy atom. The van der Waals surface area contributed by atoms with Crippen molar-refractivity contribution < 1.29 is 4.79 Å². The molecule has 1 N–H and O–H groups in total. The lowest BCUT2D eigenvalue weighted by Gasteiger charge is -2.39. The second-order valence-corrected chi connectivity index (χ2v) is 8.22. The van der Waals surface area contributed by atoms with Gasteiger partial charge in [-0.1, -0.05) is 0 Å². The summed E-state index contributed by atoms with van der Waals surface area (Å²) >= 11 is 0. The Hall–Kier alpha value is -2.94. The number of nitrogens with one attached hydrogen (secondary N) is 1. The molecule has 3 aromatic heterocycles. The smallest absolute Gasteiger partial charge is 0.326 e. The molecule has 0 aromatic carbocycles. The van der Waals surface area contributed by atoms with Gasteiger partial charge in [-0.2, -0.15) is 15.0 Å². The highest BCUT2D eigenvalue weighted by Crippen LogP contribution is 2.30. The topological polar surface area (TPSA) is 84.1 Å². The van der Waals surface area contributed by atoms with Gasteiger partial charge in [-0.25, -0.2) is 9.78 Å². The molecule has 0 aliphatic carbocycles. The quantitative estimate of drug-likeness (QED) is 0.718. The van der Waals surface area contributed by atoms with Crippen LogP contribution < -0.4 is 10.2 Å². The average Bonchev–Trinajstić information content (AvgIpc) is 3.46. The number of hydrogen-bond acceptors (Lipinski definition) is 5. The van der Waals surface area contributed by atoms with E-state index in [1.807, 2.05) is 35.3 Å². The van der Waals surface area contributed by atoms with E-state index in [4.69, 9.17) is 4.98 Å². The molecule has 2 saturated heterocycles. The van der Waals surface area contributed by atoms with E-state index in [-0.39, 0.29) is 18.1 Å². The minimum atomic E-state index is 0.0526. The average molecular weight is 409 g/mol. The van der Waals surface area contributed by atoms with Gasteiger partial charge in [-0.15, -0.1) is 0 Å². The number of pyridine rings is 1. The van der Waals surface area contributed by atoms with E-state index in [1.54, 1.807) is 17.2 Å². The normalized spacial score (nSPS) is 20.6. The standard InChI is InChI=1S/C21H28N8O/c1-26-12-5-16-4-9-23-20(19(16)26)28(18-3-2-8-22-15-18)21(30)27-13-6-17(7-14-27)29-24-10-11-25-29/h4-5,9-12,17-18,22H,2-3,6-8,13-15H2,1H3/t18-/m1/s1. The SMILES string of the molecule is Cn1ccc2ccnc(N(C(=O)N3CCC(n4nccn4)CC3)[C@@H]3CCCNC3)c21. The molecule has 0 spiro atoms. The molecule has 5 heterocycles. The van der Waals surface area contributed by atoms with Gasteiger partial charge in [0.2, 0.25) is 0 Å². The van der Waals surface area contributed by atoms with Crippen LogP contribution in [0.3, 0.4) is 0 Å². The molecule has 0 saturated carbocycles. The van der Waals surface area contributed by atoms with Crippen molar-refractivity contribution in [1.29, 1.82) is 0 Å². The van der Waals surface area contributed by atoms with Crippen molar-refractivity contribution >= 4 is 22.8 Å². The molecular formula is C21H28N8O. The molecule has 0 radical (unpaired) electrons. The van der Waals surface area contributed by atoms with E-state index in [2.05, 4.69) is 26.1 Å². The lowest BCUT2D eigenvalue weighted by Crippen LogP contribution is -2.55. The Morgan fingerprint density at radius 1 is 1.13 bits per heavy atom. The molecule has 1 atom stereocenters. The minimum Gasteiger partial charge on any atom is -0.348 e. The predicted molar refractivity (Wildman–Crippen MR) is 114 cm³/mol. The largest absolute Gasteiger partial charge is 0.348 e. The number of piperidine rings is 2. The zero-order valence-corrected chi connectivity index (χ0v) is 17.3. The van der Waals surface area contributed by atoms with Crippen LogP contribution in [0.15, 0.2) is 36.9 Å². The van der Waals surface area contributed by atoms with Gasteiger partial charge in [0.05, 0.1) is 30.0 Å². The fourth-order valence-corrected chi connectivity index (χ4v) is 4.72. The molecule has 5 rings (SSSR count). The maximum atomic E-state index is 13.8. The maximum absolute atomic E-state index is 13.8. The monoisotopic (exact) mass is 408 g/mol. The van der Waals surface area contributed by atoms with E-state index < -0.39 is 0 Å². The van der Waals surface area contributed by atoms with Crippen LogP contribution in [-0.4, -0.2) is 67.7 Å². The summed E-state index contributed by atoms with van der Waals surface area (Å²) in [6, 6.07) is 4.48. The molecule has 2 fully saturated rings. The third kappa shape index (κ3) is 3.43. The molecular weight excluding hydrogens is 380 g/mol. The first kappa shape index (κ1) is 19.0. The minimum absolute atomic E-state index is 0.0526. The number of anilines is 1. The Morgan fingerprint density at radius 2 is 1.93 bits per heavy atom. The van der Waals surface area contributed by atoms with Crippen molar-refractivity contribution in [1.82, 2.24) is 34.8 Å². The summed E-state index contributed by atoms with van der Waals surface area (Å²) < 4.78 is 2.06. The van der Waals surface area contributed by atoms with Crippen molar-refractivity contribution in [3.05, 3.63) is 36.9 Å². The Balaban J connectivity index is 1.43. The fourth-order valence-electron chi connectivity index (χ4n) is 4.72. The van der Waals surface area contributed by atoms with E-state index >= 15 is 0 Å². The van der Waals surface area contributed by atoms with Crippen LogP contribution in [0, 0.1) is 0 Å². The number of aromatic nitrogens is 5. The third-order valence-corrected chi connectivity index (χ3v) is 6.34. The predicted octanol–water partition coefficient (Wildman–Crippen LogP) is 2.18. The second-order valence-electron chi connectivity index (χ2n) is 8.22. The highest BCUT2D eigenvalue weighted by Gasteiger charge is 2.34. The van der Waals surface area contributed by atoms with Crippen LogP contribution in [0.1, 0.15) is 31.7 Å². The first-order valence-electron chi connectivity index (χ1n) is 10.8. The molecule has 158 valence electrons. The number of hydrogen-bond donors (Lipinski definition) is 1. The number of nitrogens with zero attached hydrogens (tertiary/aromatic N) is 7. The zero-order valence-electron chi connectivity index (χ0n) is 17.3.